The Kier molecular flexibility index (Phi) is 17.8. The number of aliphatic hydroxyl groups is 3. The molecule has 0 aromatic heterocycles. The zero-order chi connectivity index (χ0) is 33.4. The number of fused-ring (bicyclic) bond motifs is 2. The average molecular weight is 640 g/mol. The first-order valence-corrected chi connectivity index (χ1v) is 17.3. The van der Waals surface area contributed by atoms with Gasteiger partial charge in [-0.2, -0.15) is 0 Å². The normalized spacial score (nSPS) is 36.2. The monoisotopic (exact) mass is 639 g/mol. The summed E-state index contributed by atoms with van der Waals surface area (Å²) in [6.45, 7) is 7.88. The quantitative estimate of drug-likeness (QED) is 0.253. The van der Waals surface area contributed by atoms with Crippen LogP contribution in [0.25, 0.3) is 0 Å². The van der Waals surface area contributed by atoms with Crippen molar-refractivity contribution in [1.82, 2.24) is 5.32 Å². The van der Waals surface area contributed by atoms with Crippen molar-refractivity contribution in [3.05, 3.63) is 12.2 Å². The third kappa shape index (κ3) is 13.8. The van der Waals surface area contributed by atoms with Crippen LogP contribution in [0, 0.1) is 17.8 Å². The number of hydrogen-bond donors (Lipinski definition) is 4. The number of ether oxygens (including phenoxy) is 3. The summed E-state index contributed by atoms with van der Waals surface area (Å²) in [5.41, 5.74) is -1.26. The van der Waals surface area contributed by atoms with Gasteiger partial charge in [0.15, 0.2) is 6.10 Å². The van der Waals surface area contributed by atoms with Crippen molar-refractivity contribution in [3.63, 3.8) is 0 Å². The van der Waals surface area contributed by atoms with E-state index in [9.17, 15) is 29.7 Å². The molecular formula is C35H61NO9. The molecule has 0 aliphatic carbocycles. The minimum absolute atomic E-state index is 0.0388. The van der Waals surface area contributed by atoms with Crippen LogP contribution in [-0.2, 0) is 28.6 Å². The minimum Gasteiger partial charge on any atom is -0.452 e. The Hall–Kier alpha value is -1.85. The molecule has 2 heterocycles. The number of carbonyl (C=O) groups is 3. The van der Waals surface area contributed by atoms with Gasteiger partial charge in [0, 0.05) is 32.9 Å². The molecule has 0 saturated carbocycles. The van der Waals surface area contributed by atoms with Crippen LogP contribution in [0.15, 0.2) is 12.2 Å². The number of cyclic esters (lactones) is 1. The Labute approximate surface area is 270 Å². The van der Waals surface area contributed by atoms with E-state index < -0.39 is 48.0 Å². The van der Waals surface area contributed by atoms with Crippen molar-refractivity contribution in [2.24, 2.45) is 17.8 Å². The highest BCUT2D eigenvalue weighted by Crippen LogP contribution is 2.33. The predicted octanol–water partition coefficient (Wildman–Crippen LogP) is 4.41. The van der Waals surface area contributed by atoms with E-state index in [0.29, 0.717) is 44.9 Å². The van der Waals surface area contributed by atoms with E-state index in [1.165, 1.54) is 7.11 Å². The van der Waals surface area contributed by atoms with E-state index in [0.717, 1.165) is 38.5 Å². The average Bonchev–Trinajstić information content (AvgIpc) is 2.99. The van der Waals surface area contributed by atoms with Gasteiger partial charge in [0.05, 0.1) is 30.8 Å². The highest BCUT2D eigenvalue weighted by atomic mass is 16.6. The van der Waals surface area contributed by atoms with Crippen LogP contribution in [0.2, 0.25) is 0 Å². The van der Waals surface area contributed by atoms with E-state index in [1.807, 2.05) is 26.0 Å². The molecule has 1 amide bonds. The predicted molar refractivity (Wildman–Crippen MR) is 172 cm³/mol. The molecule has 10 nitrogen and oxygen atoms in total. The number of amides is 1. The number of ketones is 1. The van der Waals surface area contributed by atoms with E-state index in [2.05, 4.69) is 19.2 Å². The largest absolute Gasteiger partial charge is 0.452 e. The van der Waals surface area contributed by atoms with Crippen LogP contribution in [-0.4, -0.2) is 89.4 Å². The zero-order valence-corrected chi connectivity index (χ0v) is 28.4. The van der Waals surface area contributed by atoms with Crippen molar-refractivity contribution in [1.29, 1.82) is 0 Å². The summed E-state index contributed by atoms with van der Waals surface area (Å²) < 4.78 is 17.1. The Bertz CT molecular complexity index is 927. The Balaban J connectivity index is 2.18. The molecule has 10 heteroatoms. The molecule has 2 rings (SSSR count). The molecule has 9 unspecified atom stereocenters. The van der Waals surface area contributed by atoms with Crippen molar-refractivity contribution < 1.29 is 43.9 Å². The maximum atomic E-state index is 12.9. The van der Waals surface area contributed by atoms with Crippen LogP contribution in [0.4, 0.5) is 0 Å². The van der Waals surface area contributed by atoms with E-state index in [4.69, 9.17) is 14.2 Å². The number of hydrogen-bond acceptors (Lipinski definition) is 9. The third-order valence-electron chi connectivity index (χ3n) is 9.34. The fourth-order valence-corrected chi connectivity index (χ4v) is 6.45. The van der Waals surface area contributed by atoms with Gasteiger partial charge in [0.25, 0.3) is 5.91 Å². The van der Waals surface area contributed by atoms with Crippen molar-refractivity contribution in [2.45, 2.75) is 154 Å². The molecular weight excluding hydrogens is 578 g/mol. The number of Topliss-reactive ketones (excluding diaryl/α,β-unsaturated/α-hetero) is 1. The van der Waals surface area contributed by atoms with E-state index in [-0.39, 0.29) is 43.1 Å². The summed E-state index contributed by atoms with van der Waals surface area (Å²) in [5, 5.41) is 35.7. The molecule has 9 atom stereocenters. The first kappa shape index (κ1) is 39.3. The molecule has 4 N–H and O–H groups in total. The number of esters is 1. The van der Waals surface area contributed by atoms with Gasteiger partial charge in [-0.25, -0.2) is 0 Å². The van der Waals surface area contributed by atoms with Crippen LogP contribution in [0.3, 0.4) is 0 Å². The lowest BCUT2D eigenvalue weighted by Crippen LogP contribution is -2.54. The highest BCUT2D eigenvalue weighted by Gasteiger charge is 2.44. The molecule has 1 fully saturated rings. The summed E-state index contributed by atoms with van der Waals surface area (Å²) in [6, 6.07) is 0. The zero-order valence-electron chi connectivity index (χ0n) is 28.4. The molecule has 1 saturated heterocycles. The van der Waals surface area contributed by atoms with Gasteiger partial charge in [0.1, 0.15) is 17.5 Å². The summed E-state index contributed by atoms with van der Waals surface area (Å²) >= 11 is 0. The molecule has 2 aliphatic heterocycles. The lowest BCUT2D eigenvalue weighted by atomic mass is 9.84. The van der Waals surface area contributed by atoms with Gasteiger partial charge in [0.2, 0.25) is 0 Å². The topological polar surface area (TPSA) is 152 Å². The van der Waals surface area contributed by atoms with Gasteiger partial charge >= 0.3 is 5.97 Å². The third-order valence-corrected chi connectivity index (χ3v) is 9.34. The van der Waals surface area contributed by atoms with E-state index >= 15 is 0 Å². The highest BCUT2D eigenvalue weighted by molar-refractivity contribution is 5.84. The smallest absolute Gasteiger partial charge is 0.309 e. The number of β-amino-alcohol motifs (C(OH)–C–C–N with tert-alkyl or cyclic N) is 1. The summed E-state index contributed by atoms with van der Waals surface area (Å²) in [6.07, 6.45) is 8.11. The molecule has 0 spiro atoms. The molecule has 0 radical (unpaired) electrons. The fraction of sp³-hybridized carbons (Fsp3) is 0.857. The molecule has 45 heavy (non-hydrogen) atoms. The van der Waals surface area contributed by atoms with Crippen molar-refractivity contribution in [3.8, 4) is 0 Å². The van der Waals surface area contributed by atoms with Crippen LogP contribution >= 0.6 is 0 Å². The standard InChI is InChI=1S/C35H61NO9/c1-6-11-31-33(40)36-22-28(38)21-29(39)30-18-19-35(42,23-43-5)32(44-30)17-16-26(7-2)13-10-15-27(37)14-9-8-12-24(3)20-25(4)34(41)45-31/h16-17,24-26,28-32,38-39,42H,6-15,18-23H2,1-5H3,(H,36,40). The van der Waals surface area contributed by atoms with Gasteiger partial charge < -0.3 is 34.8 Å². The first-order valence-electron chi connectivity index (χ1n) is 17.3. The maximum Gasteiger partial charge on any atom is 0.309 e. The minimum atomic E-state index is -1.26. The lowest BCUT2D eigenvalue weighted by Gasteiger charge is -2.43. The molecule has 0 aromatic rings. The number of carbonyl (C=O) groups excluding carboxylic acids is 3. The number of allylic oxidation sites excluding steroid dienone is 1. The van der Waals surface area contributed by atoms with Crippen molar-refractivity contribution in [2.75, 3.05) is 20.3 Å². The summed E-state index contributed by atoms with van der Waals surface area (Å²) in [7, 11) is 1.52. The lowest BCUT2D eigenvalue weighted by molar-refractivity contribution is -0.198. The van der Waals surface area contributed by atoms with Crippen LogP contribution in [0.5, 0.6) is 0 Å². The Morgan fingerprint density at radius 3 is 2.42 bits per heavy atom. The maximum absolute atomic E-state index is 12.9. The van der Waals surface area contributed by atoms with Crippen molar-refractivity contribution >= 4 is 17.7 Å². The number of aliphatic hydroxyl groups excluding tert-OH is 2. The number of rotatable bonds is 5. The van der Waals surface area contributed by atoms with Gasteiger partial charge in [-0.05, 0) is 63.2 Å². The Morgan fingerprint density at radius 2 is 1.73 bits per heavy atom. The molecule has 260 valence electrons. The first-order chi connectivity index (χ1) is 21.4. The number of methoxy groups -OCH3 is 1. The molecule has 0 aromatic carbocycles. The summed E-state index contributed by atoms with van der Waals surface area (Å²) in [5.74, 6) is -0.491. The van der Waals surface area contributed by atoms with Gasteiger partial charge in [-0.15, -0.1) is 0 Å². The second kappa shape index (κ2) is 20.4. The van der Waals surface area contributed by atoms with E-state index in [1.54, 1.807) is 0 Å². The van der Waals surface area contributed by atoms with Crippen LogP contribution in [0.1, 0.15) is 118 Å². The van der Waals surface area contributed by atoms with Gasteiger partial charge in [-0.3, -0.25) is 14.4 Å². The second-order valence-electron chi connectivity index (χ2n) is 13.6. The SMILES string of the molecule is CCCC1OC(=O)C(C)CC(C)CCCCC(=O)CCCC(CC)C=CC2OC(CCC2(O)COC)C(O)CC(O)CNC1=O. The molecule has 2 aliphatic rings. The fourth-order valence-electron chi connectivity index (χ4n) is 6.45. The number of nitrogens with one attached hydrogen (secondary N) is 1. The summed E-state index contributed by atoms with van der Waals surface area (Å²) in [4.78, 5) is 38.3. The van der Waals surface area contributed by atoms with Crippen LogP contribution < -0.4 is 5.32 Å². The van der Waals surface area contributed by atoms with Gasteiger partial charge in [-0.1, -0.05) is 59.1 Å². The Morgan fingerprint density at radius 1 is 1.00 bits per heavy atom. The second-order valence-corrected chi connectivity index (χ2v) is 13.6. The molecule has 2 bridgehead atoms.